The van der Waals surface area contributed by atoms with Crippen LogP contribution in [0.5, 0.6) is 0 Å². The number of pyridine rings is 1. The first-order valence-electron chi connectivity index (χ1n) is 13.2. The molecule has 1 saturated heterocycles. The van der Waals surface area contributed by atoms with Crippen LogP contribution in [0.25, 0.3) is 11.0 Å². The molecule has 194 valence electrons. The number of anilines is 1. The molecular weight excluding hydrogens is 468 g/mol. The highest BCUT2D eigenvalue weighted by Gasteiger charge is 2.28. The van der Waals surface area contributed by atoms with E-state index in [-0.39, 0.29) is 18.2 Å². The maximum atomic E-state index is 13.2. The molecule has 1 aromatic carbocycles. The topological polar surface area (TPSA) is 120 Å². The molecule has 3 aromatic rings. The molecule has 2 aliphatic heterocycles. The van der Waals surface area contributed by atoms with Gasteiger partial charge in [0.1, 0.15) is 5.82 Å². The summed E-state index contributed by atoms with van der Waals surface area (Å²) >= 11 is 0. The maximum Gasteiger partial charge on any atom is 0.305 e. The van der Waals surface area contributed by atoms with E-state index in [4.69, 9.17) is 4.98 Å². The molecule has 2 aliphatic rings. The highest BCUT2D eigenvalue weighted by atomic mass is 16.4. The van der Waals surface area contributed by atoms with E-state index >= 15 is 0 Å². The van der Waals surface area contributed by atoms with Gasteiger partial charge in [0.05, 0.1) is 29.4 Å². The Hall–Kier alpha value is -3.59. The number of carboxylic acid groups (broad SMARTS) is 1. The second kappa shape index (κ2) is 11.6. The number of likely N-dealkylation sites (tertiary alicyclic amines) is 1. The Morgan fingerprint density at radius 3 is 2.86 bits per heavy atom. The number of piperidine rings is 1. The van der Waals surface area contributed by atoms with E-state index in [1.165, 1.54) is 5.56 Å². The number of nitrogens with zero attached hydrogens (tertiary/aromatic N) is 4. The first kappa shape index (κ1) is 25.1. The number of aliphatic carboxylic acids is 1. The van der Waals surface area contributed by atoms with Crippen molar-refractivity contribution in [3.8, 4) is 0 Å². The average molecular weight is 503 g/mol. The predicted molar refractivity (Wildman–Crippen MR) is 141 cm³/mol. The summed E-state index contributed by atoms with van der Waals surface area (Å²) in [6.45, 7) is 3.57. The van der Waals surface area contributed by atoms with E-state index in [0.29, 0.717) is 12.1 Å². The van der Waals surface area contributed by atoms with E-state index in [2.05, 4.69) is 37.6 Å². The molecule has 0 aliphatic carbocycles. The molecule has 4 heterocycles. The number of hydrogen-bond acceptors (Lipinski definition) is 7. The van der Waals surface area contributed by atoms with Gasteiger partial charge in [0.15, 0.2) is 0 Å². The standard InChI is InChI=1S/C28H34N6O3/c35-26(36)17-24(20-8-10-23-25(16-20)30-13-12-29-23)33-28(37)21-5-2-14-34(18-21)15-3-6-22-9-7-19-4-1-11-31-27(19)32-22/h7-10,12-13,16,21,24H,1-6,11,14-15,17-18H2,(H,31,32)(H,33,37)(H,35,36)/t21-,24+/m1/s1. The lowest BCUT2D eigenvalue weighted by molar-refractivity contribution is -0.138. The molecule has 0 spiro atoms. The summed E-state index contributed by atoms with van der Waals surface area (Å²) in [6, 6.07) is 9.17. The number of nitrogens with one attached hydrogen (secondary N) is 2. The average Bonchev–Trinajstić information content (AvgIpc) is 2.92. The molecule has 1 fully saturated rings. The van der Waals surface area contributed by atoms with Crippen LogP contribution in [0.15, 0.2) is 42.7 Å². The number of rotatable bonds is 9. The number of hydrogen-bond donors (Lipinski definition) is 3. The second-order valence-electron chi connectivity index (χ2n) is 10.0. The van der Waals surface area contributed by atoms with Crippen molar-refractivity contribution in [3.05, 3.63) is 59.5 Å². The number of aromatic nitrogens is 3. The molecule has 3 N–H and O–H groups in total. The number of carbonyl (C=O) groups excluding carboxylic acids is 1. The molecule has 9 nitrogen and oxygen atoms in total. The number of benzene rings is 1. The van der Waals surface area contributed by atoms with Crippen LogP contribution in [-0.4, -0.2) is 63.0 Å². The lowest BCUT2D eigenvalue weighted by Gasteiger charge is -2.33. The Kier molecular flexibility index (Phi) is 7.89. The van der Waals surface area contributed by atoms with Crippen molar-refractivity contribution in [2.24, 2.45) is 5.92 Å². The van der Waals surface area contributed by atoms with Crippen LogP contribution in [-0.2, 0) is 22.4 Å². The zero-order valence-corrected chi connectivity index (χ0v) is 21.0. The van der Waals surface area contributed by atoms with Gasteiger partial charge in [-0.3, -0.25) is 19.6 Å². The maximum absolute atomic E-state index is 13.2. The fraction of sp³-hybridized carbons (Fsp3) is 0.464. The van der Waals surface area contributed by atoms with Crippen molar-refractivity contribution in [1.29, 1.82) is 0 Å². The van der Waals surface area contributed by atoms with Gasteiger partial charge >= 0.3 is 5.97 Å². The lowest BCUT2D eigenvalue weighted by Crippen LogP contribution is -2.44. The van der Waals surface area contributed by atoms with Crippen molar-refractivity contribution in [1.82, 2.24) is 25.2 Å². The van der Waals surface area contributed by atoms with Crippen molar-refractivity contribution in [2.45, 2.75) is 51.0 Å². The fourth-order valence-corrected chi connectivity index (χ4v) is 5.38. The van der Waals surface area contributed by atoms with Crippen molar-refractivity contribution in [3.63, 3.8) is 0 Å². The summed E-state index contributed by atoms with van der Waals surface area (Å²) in [4.78, 5) is 40.5. The molecule has 9 heteroatoms. The molecule has 5 rings (SSSR count). The van der Waals surface area contributed by atoms with Crippen LogP contribution in [0.4, 0.5) is 5.82 Å². The molecule has 1 amide bonds. The van der Waals surface area contributed by atoms with Gasteiger partial charge in [-0.05, 0) is 80.9 Å². The Bertz CT molecular complexity index is 1270. The van der Waals surface area contributed by atoms with Gasteiger partial charge in [-0.1, -0.05) is 12.1 Å². The zero-order valence-electron chi connectivity index (χ0n) is 21.0. The number of carbonyl (C=O) groups is 2. The predicted octanol–water partition coefficient (Wildman–Crippen LogP) is 3.36. The lowest BCUT2D eigenvalue weighted by atomic mass is 9.95. The molecule has 2 aromatic heterocycles. The first-order chi connectivity index (χ1) is 18.0. The number of fused-ring (bicyclic) bond motifs is 2. The Balaban J connectivity index is 1.16. The fourth-order valence-electron chi connectivity index (χ4n) is 5.38. The molecule has 37 heavy (non-hydrogen) atoms. The molecule has 0 bridgehead atoms. The van der Waals surface area contributed by atoms with E-state index in [1.807, 2.05) is 18.2 Å². The van der Waals surface area contributed by atoms with Gasteiger partial charge in [-0.2, -0.15) is 0 Å². The van der Waals surface area contributed by atoms with E-state index < -0.39 is 12.0 Å². The summed E-state index contributed by atoms with van der Waals surface area (Å²) in [7, 11) is 0. The third kappa shape index (κ3) is 6.40. The summed E-state index contributed by atoms with van der Waals surface area (Å²) in [5.41, 5.74) is 4.55. The van der Waals surface area contributed by atoms with Crippen molar-refractivity contribution >= 4 is 28.7 Å². The van der Waals surface area contributed by atoms with E-state index in [9.17, 15) is 14.7 Å². The Labute approximate surface area is 216 Å². The molecule has 2 atom stereocenters. The van der Waals surface area contributed by atoms with Crippen LogP contribution in [0.2, 0.25) is 0 Å². The van der Waals surface area contributed by atoms with Gasteiger partial charge < -0.3 is 20.6 Å². The normalized spacial score (nSPS) is 18.5. The van der Waals surface area contributed by atoms with Crippen LogP contribution < -0.4 is 10.6 Å². The Morgan fingerprint density at radius 1 is 1.14 bits per heavy atom. The monoisotopic (exact) mass is 502 g/mol. The van der Waals surface area contributed by atoms with Crippen molar-refractivity contribution < 1.29 is 14.7 Å². The minimum Gasteiger partial charge on any atom is -0.481 e. The number of amides is 1. The summed E-state index contributed by atoms with van der Waals surface area (Å²) in [5.74, 6) is -0.164. The van der Waals surface area contributed by atoms with Gasteiger partial charge in [0.25, 0.3) is 0 Å². The first-order valence-corrected chi connectivity index (χ1v) is 13.2. The van der Waals surface area contributed by atoms with E-state index in [0.717, 1.165) is 80.8 Å². The van der Waals surface area contributed by atoms with Gasteiger partial charge in [0.2, 0.25) is 5.91 Å². The third-order valence-corrected chi connectivity index (χ3v) is 7.33. The smallest absolute Gasteiger partial charge is 0.305 e. The molecule has 0 saturated carbocycles. The van der Waals surface area contributed by atoms with Gasteiger partial charge in [0, 0.05) is 31.2 Å². The summed E-state index contributed by atoms with van der Waals surface area (Å²) < 4.78 is 0. The van der Waals surface area contributed by atoms with Crippen molar-refractivity contribution in [2.75, 3.05) is 31.5 Å². The second-order valence-corrected chi connectivity index (χ2v) is 10.0. The van der Waals surface area contributed by atoms with Crippen LogP contribution in [0.1, 0.15) is 55.0 Å². The minimum atomic E-state index is -0.958. The zero-order chi connectivity index (χ0) is 25.6. The third-order valence-electron chi connectivity index (χ3n) is 7.33. The highest BCUT2D eigenvalue weighted by Crippen LogP contribution is 2.24. The Morgan fingerprint density at radius 2 is 2.00 bits per heavy atom. The van der Waals surface area contributed by atoms with Crippen LogP contribution >= 0.6 is 0 Å². The number of carboxylic acids is 1. The van der Waals surface area contributed by atoms with Crippen LogP contribution in [0, 0.1) is 5.92 Å². The van der Waals surface area contributed by atoms with Gasteiger partial charge in [-0.15, -0.1) is 0 Å². The summed E-state index contributed by atoms with van der Waals surface area (Å²) in [5, 5.41) is 15.9. The number of aryl methyl sites for hydroxylation is 2. The van der Waals surface area contributed by atoms with Crippen LogP contribution in [0.3, 0.4) is 0 Å². The quantitative estimate of drug-likeness (QED) is 0.407. The summed E-state index contributed by atoms with van der Waals surface area (Å²) in [6.07, 6.45) is 8.95. The van der Waals surface area contributed by atoms with Gasteiger partial charge in [-0.25, -0.2) is 4.98 Å². The minimum absolute atomic E-state index is 0.0855. The SMILES string of the molecule is O=C(O)C[C@H](NC(=O)[C@@H]1CCCN(CCCc2ccc3c(n2)NCCC3)C1)c1ccc2nccnc2c1. The largest absolute Gasteiger partial charge is 0.481 e. The molecule has 0 radical (unpaired) electrons. The highest BCUT2D eigenvalue weighted by molar-refractivity contribution is 5.81. The molecule has 0 unspecified atom stereocenters. The van der Waals surface area contributed by atoms with E-state index in [1.54, 1.807) is 12.4 Å². The molecular formula is C28H34N6O3.